The van der Waals surface area contributed by atoms with Crippen LogP contribution in [0.15, 0.2) is 47.8 Å². The minimum absolute atomic E-state index is 0.00655. The summed E-state index contributed by atoms with van der Waals surface area (Å²) in [5.41, 5.74) is 1.33. The van der Waals surface area contributed by atoms with Crippen molar-refractivity contribution in [2.75, 3.05) is 33.0 Å². The zero-order valence-electron chi connectivity index (χ0n) is 16.9. The number of nitrogens with one attached hydrogen (secondary N) is 2. The maximum Gasteiger partial charge on any atom is 0.347 e. The van der Waals surface area contributed by atoms with Crippen LogP contribution in [0.1, 0.15) is 31.0 Å². The molecule has 1 aliphatic heterocycles. The minimum Gasteiger partial charge on any atom is -0.463 e. The zero-order chi connectivity index (χ0) is 21.2. The van der Waals surface area contributed by atoms with E-state index in [0.29, 0.717) is 25.5 Å². The number of aromatic amines is 1. The summed E-state index contributed by atoms with van der Waals surface area (Å²) < 4.78 is 10.3. The van der Waals surface area contributed by atoms with Crippen LogP contribution >= 0.6 is 0 Å². The van der Waals surface area contributed by atoms with Gasteiger partial charge in [-0.2, -0.15) is 5.10 Å². The number of esters is 1. The Bertz CT molecular complexity index is 846. The first-order valence-electron chi connectivity index (χ1n) is 9.91. The fraction of sp³-hybridized carbons (Fsp3) is 0.429. The molecule has 0 atom stereocenters. The molecule has 1 aromatic heterocycles. The number of carbonyl (C=O) groups excluding carboxylic acids is 2. The van der Waals surface area contributed by atoms with E-state index in [2.05, 4.69) is 32.8 Å². The van der Waals surface area contributed by atoms with Crippen molar-refractivity contribution in [1.29, 1.82) is 0 Å². The van der Waals surface area contributed by atoms with Gasteiger partial charge in [0.15, 0.2) is 5.71 Å². The molecule has 1 amide bonds. The van der Waals surface area contributed by atoms with Crippen molar-refractivity contribution < 1.29 is 23.9 Å². The number of aromatic nitrogens is 2. The third-order valence-electron chi connectivity index (χ3n) is 5.04. The second-order valence-corrected chi connectivity index (χ2v) is 6.93. The van der Waals surface area contributed by atoms with E-state index in [0.717, 1.165) is 18.4 Å². The van der Waals surface area contributed by atoms with Crippen LogP contribution < -0.4 is 5.32 Å². The monoisotopic (exact) mass is 414 g/mol. The van der Waals surface area contributed by atoms with Gasteiger partial charge in [0.1, 0.15) is 0 Å². The van der Waals surface area contributed by atoms with Gasteiger partial charge in [-0.15, -0.1) is 0 Å². The van der Waals surface area contributed by atoms with Crippen LogP contribution in [-0.2, 0) is 29.3 Å². The molecule has 1 fully saturated rings. The summed E-state index contributed by atoms with van der Waals surface area (Å²) in [6.45, 7) is 3.24. The van der Waals surface area contributed by atoms with E-state index >= 15 is 0 Å². The summed E-state index contributed by atoms with van der Waals surface area (Å²) in [4.78, 5) is 29.4. The van der Waals surface area contributed by atoms with Crippen LogP contribution in [0, 0.1) is 0 Å². The first-order valence-corrected chi connectivity index (χ1v) is 9.91. The van der Waals surface area contributed by atoms with Gasteiger partial charge >= 0.3 is 5.97 Å². The van der Waals surface area contributed by atoms with Gasteiger partial charge in [-0.3, -0.25) is 9.89 Å². The predicted molar refractivity (Wildman–Crippen MR) is 109 cm³/mol. The van der Waals surface area contributed by atoms with E-state index in [1.165, 1.54) is 6.20 Å². The number of benzene rings is 1. The van der Waals surface area contributed by atoms with E-state index in [-0.39, 0.29) is 24.3 Å². The largest absolute Gasteiger partial charge is 0.463 e. The summed E-state index contributed by atoms with van der Waals surface area (Å²) in [7, 11) is 0. The Morgan fingerprint density at radius 2 is 2.00 bits per heavy atom. The molecule has 1 aliphatic rings. The fourth-order valence-electron chi connectivity index (χ4n) is 3.41. The van der Waals surface area contributed by atoms with Gasteiger partial charge in [0.2, 0.25) is 6.61 Å². The summed E-state index contributed by atoms with van der Waals surface area (Å²) in [6, 6.07) is 11.7. The van der Waals surface area contributed by atoms with E-state index < -0.39 is 11.9 Å². The van der Waals surface area contributed by atoms with Gasteiger partial charge in [-0.1, -0.05) is 35.5 Å². The minimum atomic E-state index is -0.559. The summed E-state index contributed by atoms with van der Waals surface area (Å²) in [5, 5.41) is 13.4. The van der Waals surface area contributed by atoms with Gasteiger partial charge in [-0.25, -0.2) is 4.79 Å². The Labute approximate surface area is 174 Å². The third-order valence-corrected chi connectivity index (χ3v) is 5.04. The van der Waals surface area contributed by atoms with Crippen LogP contribution in [0.2, 0.25) is 0 Å². The molecular formula is C21H26N4O5. The van der Waals surface area contributed by atoms with Crippen LogP contribution in [0.25, 0.3) is 0 Å². The molecule has 0 unspecified atom stereocenters. The van der Waals surface area contributed by atoms with E-state index in [4.69, 9.17) is 14.3 Å². The summed E-state index contributed by atoms with van der Waals surface area (Å²) >= 11 is 0. The van der Waals surface area contributed by atoms with Crippen LogP contribution in [0.5, 0.6) is 0 Å². The molecule has 30 heavy (non-hydrogen) atoms. The molecule has 2 aromatic rings. The van der Waals surface area contributed by atoms with Crippen molar-refractivity contribution in [1.82, 2.24) is 15.5 Å². The number of amides is 1. The Hall–Kier alpha value is -3.20. The lowest BCUT2D eigenvalue weighted by atomic mass is 9.74. The van der Waals surface area contributed by atoms with Gasteiger partial charge < -0.3 is 19.6 Å². The molecule has 3 rings (SSSR count). The molecule has 9 nitrogen and oxygen atoms in total. The normalized spacial score (nSPS) is 16.0. The van der Waals surface area contributed by atoms with E-state index in [1.54, 1.807) is 13.0 Å². The van der Waals surface area contributed by atoms with Crippen molar-refractivity contribution in [2.45, 2.75) is 25.2 Å². The first kappa shape index (κ1) is 21.5. The van der Waals surface area contributed by atoms with Gasteiger partial charge in [0.05, 0.1) is 12.3 Å². The van der Waals surface area contributed by atoms with Crippen molar-refractivity contribution in [3.05, 3.63) is 53.9 Å². The Morgan fingerprint density at radius 1 is 1.23 bits per heavy atom. The Morgan fingerprint density at radius 3 is 2.67 bits per heavy atom. The van der Waals surface area contributed by atoms with Gasteiger partial charge in [0.25, 0.3) is 5.91 Å². The molecule has 160 valence electrons. The summed E-state index contributed by atoms with van der Waals surface area (Å²) in [5.74, 6) is -0.985. The number of rotatable bonds is 9. The van der Waals surface area contributed by atoms with Gasteiger partial charge in [0, 0.05) is 31.4 Å². The lowest BCUT2D eigenvalue weighted by molar-refractivity contribution is -0.148. The lowest BCUT2D eigenvalue weighted by Crippen LogP contribution is -2.46. The SMILES string of the molecule is CCOC(=O)CO/N=C(/C(=O)NCC1(c2ccccc2)CCOCC1)c1ccn[nH]1. The van der Waals surface area contributed by atoms with E-state index in [1.807, 2.05) is 18.2 Å². The molecule has 2 N–H and O–H groups in total. The Balaban J connectivity index is 1.72. The molecule has 0 spiro atoms. The number of ether oxygens (including phenoxy) is 2. The second kappa shape index (κ2) is 10.5. The highest BCUT2D eigenvalue weighted by atomic mass is 16.7. The molecule has 0 bridgehead atoms. The smallest absolute Gasteiger partial charge is 0.347 e. The van der Waals surface area contributed by atoms with Crippen molar-refractivity contribution in [2.24, 2.45) is 5.16 Å². The number of hydrogen-bond acceptors (Lipinski definition) is 7. The third kappa shape index (κ3) is 5.44. The molecule has 1 saturated heterocycles. The van der Waals surface area contributed by atoms with Crippen LogP contribution in [0.4, 0.5) is 0 Å². The standard InChI is InChI=1S/C21H26N4O5/c1-2-29-18(26)14-30-25-19(17-8-11-23-24-17)20(27)22-15-21(9-12-28-13-10-21)16-6-4-3-5-7-16/h3-8,11H,2,9-10,12-15H2,1H3,(H,22,27)(H,23,24)/b25-19+. The highest BCUT2D eigenvalue weighted by Crippen LogP contribution is 2.34. The van der Waals surface area contributed by atoms with Crippen molar-refractivity contribution in [3.63, 3.8) is 0 Å². The van der Waals surface area contributed by atoms with E-state index in [9.17, 15) is 9.59 Å². The number of hydrogen-bond donors (Lipinski definition) is 2. The maximum absolute atomic E-state index is 12.9. The maximum atomic E-state index is 12.9. The molecule has 9 heteroatoms. The summed E-state index contributed by atoms with van der Waals surface area (Å²) in [6.07, 6.45) is 3.10. The first-order chi connectivity index (χ1) is 14.6. The molecule has 0 aliphatic carbocycles. The predicted octanol–water partition coefficient (Wildman–Crippen LogP) is 1.56. The average molecular weight is 414 g/mol. The molecule has 0 radical (unpaired) electrons. The lowest BCUT2D eigenvalue weighted by Gasteiger charge is -2.38. The van der Waals surface area contributed by atoms with Crippen molar-refractivity contribution in [3.8, 4) is 0 Å². The quantitative estimate of drug-likeness (QED) is 0.366. The molecule has 0 saturated carbocycles. The highest BCUT2D eigenvalue weighted by Gasteiger charge is 2.35. The topological polar surface area (TPSA) is 115 Å². The Kier molecular flexibility index (Phi) is 7.56. The number of H-pyrrole nitrogens is 1. The highest BCUT2D eigenvalue weighted by molar-refractivity contribution is 6.44. The molecule has 2 heterocycles. The van der Waals surface area contributed by atoms with Gasteiger partial charge in [-0.05, 0) is 31.4 Å². The van der Waals surface area contributed by atoms with Crippen LogP contribution in [-0.4, -0.2) is 60.8 Å². The fourth-order valence-corrected chi connectivity index (χ4v) is 3.41. The average Bonchev–Trinajstić information content (AvgIpc) is 3.31. The second-order valence-electron chi connectivity index (χ2n) is 6.93. The zero-order valence-corrected chi connectivity index (χ0v) is 16.9. The molecule has 1 aromatic carbocycles. The molecular weight excluding hydrogens is 388 g/mol. The van der Waals surface area contributed by atoms with Crippen LogP contribution in [0.3, 0.4) is 0 Å². The van der Waals surface area contributed by atoms with Crippen molar-refractivity contribution >= 4 is 17.6 Å². The number of carbonyl (C=O) groups is 2. The number of nitrogens with zero attached hydrogens (tertiary/aromatic N) is 2. The number of oxime groups is 1.